The van der Waals surface area contributed by atoms with Gasteiger partial charge in [-0.3, -0.25) is 0 Å². The van der Waals surface area contributed by atoms with Crippen molar-refractivity contribution < 1.29 is 27.0 Å². The normalized spacial score (nSPS) is 11.2. The van der Waals surface area contributed by atoms with Crippen LogP contribution in [0, 0.1) is 5.95 Å². The quantitative estimate of drug-likeness (QED) is 0.594. The number of nitrogens with zero attached hydrogens (tertiary/aromatic N) is 1. The molecule has 0 bridgehead atoms. The highest BCUT2D eigenvalue weighted by Gasteiger charge is 2.32. The Morgan fingerprint density at radius 2 is 1.75 bits per heavy atom. The Hall–Kier alpha value is -1.83. The first-order valence-electron chi connectivity index (χ1n) is 5.18. The van der Waals surface area contributed by atoms with Gasteiger partial charge in [-0.1, -0.05) is 0 Å². The number of benzene rings is 1. The zero-order chi connectivity index (χ0) is 14.8. The van der Waals surface area contributed by atoms with Crippen molar-refractivity contribution in [2.45, 2.75) is 6.36 Å². The Balaban J connectivity index is 2.17. The van der Waals surface area contributed by atoms with E-state index >= 15 is 0 Å². The first kappa shape index (κ1) is 14.6. The highest BCUT2D eigenvalue weighted by Crippen LogP contribution is 2.34. The van der Waals surface area contributed by atoms with E-state index in [-0.39, 0.29) is 16.0 Å². The molecule has 0 aliphatic heterocycles. The standard InChI is InChI=1S/C12H6BrF4NO2/c13-9-5-7(1-2-10(9)20-12(15,16)17)19-8-3-4-18-11(14)6-8/h1-6H. The number of ether oxygens (including phenoxy) is 2. The molecule has 1 aromatic heterocycles. The molecule has 0 spiro atoms. The molecule has 0 aliphatic carbocycles. The summed E-state index contributed by atoms with van der Waals surface area (Å²) in [6, 6.07) is 6.10. The van der Waals surface area contributed by atoms with Gasteiger partial charge in [-0.05, 0) is 40.2 Å². The Kier molecular flexibility index (Phi) is 4.12. The zero-order valence-electron chi connectivity index (χ0n) is 9.62. The predicted molar refractivity (Wildman–Crippen MR) is 65.1 cm³/mol. The van der Waals surface area contributed by atoms with Crippen LogP contribution in [0.3, 0.4) is 0 Å². The van der Waals surface area contributed by atoms with Crippen LogP contribution in [0.15, 0.2) is 41.0 Å². The first-order chi connectivity index (χ1) is 9.33. The van der Waals surface area contributed by atoms with Crippen LogP contribution in [0.2, 0.25) is 0 Å². The van der Waals surface area contributed by atoms with Gasteiger partial charge < -0.3 is 9.47 Å². The lowest BCUT2D eigenvalue weighted by Gasteiger charge is -2.12. The highest BCUT2D eigenvalue weighted by atomic mass is 79.9. The second kappa shape index (κ2) is 5.66. The molecule has 1 heterocycles. The minimum Gasteiger partial charge on any atom is -0.457 e. The van der Waals surface area contributed by atoms with E-state index in [1.807, 2.05) is 0 Å². The molecule has 0 saturated carbocycles. The van der Waals surface area contributed by atoms with E-state index in [1.165, 1.54) is 24.4 Å². The number of aromatic nitrogens is 1. The van der Waals surface area contributed by atoms with Crippen molar-refractivity contribution in [3.05, 3.63) is 46.9 Å². The summed E-state index contributed by atoms with van der Waals surface area (Å²) in [5, 5.41) is 0. The number of hydrogen-bond acceptors (Lipinski definition) is 3. The number of hydrogen-bond donors (Lipinski definition) is 0. The van der Waals surface area contributed by atoms with Gasteiger partial charge in [0.1, 0.15) is 17.2 Å². The topological polar surface area (TPSA) is 31.4 Å². The van der Waals surface area contributed by atoms with Crippen LogP contribution in [0.1, 0.15) is 0 Å². The molecule has 2 aromatic rings. The molecule has 0 saturated heterocycles. The Morgan fingerprint density at radius 1 is 1.05 bits per heavy atom. The number of halogens is 5. The minimum atomic E-state index is -4.78. The number of alkyl halides is 3. The van der Waals surface area contributed by atoms with Crippen LogP contribution in [0.5, 0.6) is 17.2 Å². The zero-order valence-corrected chi connectivity index (χ0v) is 11.2. The molecule has 1 aromatic carbocycles. The maximum absolute atomic E-state index is 12.9. The average Bonchev–Trinajstić information content (AvgIpc) is 2.31. The van der Waals surface area contributed by atoms with Gasteiger partial charge in [0.2, 0.25) is 5.95 Å². The van der Waals surface area contributed by atoms with Crippen LogP contribution < -0.4 is 9.47 Å². The molecule has 0 aliphatic rings. The summed E-state index contributed by atoms with van der Waals surface area (Å²) in [5.41, 5.74) is 0. The molecular formula is C12H6BrF4NO2. The van der Waals surface area contributed by atoms with Crippen molar-refractivity contribution >= 4 is 15.9 Å². The number of pyridine rings is 1. The van der Waals surface area contributed by atoms with Crippen LogP contribution in [-0.4, -0.2) is 11.3 Å². The molecule has 0 atom stereocenters. The fourth-order valence-electron chi connectivity index (χ4n) is 1.34. The minimum absolute atomic E-state index is 0.0573. The molecule has 2 rings (SSSR count). The molecule has 0 unspecified atom stereocenters. The predicted octanol–water partition coefficient (Wildman–Crippen LogP) is 4.67. The van der Waals surface area contributed by atoms with Gasteiger partial charge in [-0.15, -0.1) is 13.2 Å². The molecule has 3 nitrogen and oxygen atoms in total. The van der Waals surface area contributed by atoms with Gasteiger partial charge in [0, 0.05) is 12.3 Å². The molecule has 20 heavy (non-hydrogen) atoms. The van der Waals surface area contributed by atoms with E-state index in [0.29, 0.717) is 0 Å². The van der Waals surface area contributed by atoms with Crippen molar-refractivity contribution in [2.24, 2.45) is 0 Å². The van der Waals surface area contributed by atoms with Crippen molar-refractivity contribution in [1.29, 1.82) is 0 Å². The molecule has 0 N–H and O–H groups in total. The average molecular weight is 352 g/mol. The van der Waals surface area contributed by atoms with Crippen LogP contribution >= 0.6 is 15.9 Å². The second-order valence-electron chi connectivity index (χ2n) is 3.56. The molecule has 0 amide bonds. The van der Waals surface area contributed by atoms with Crippen molar-refractivity contribution in [3.63, 3.8) is 0 Å². The van der Waals surface area contributed by atoms with Gasteiger partial charge >= 0.3 is 6.36 Å². The maximum Gasteiger partial charge on any atom is 0.573 e. The van der Waals surface area contributed by atoms with Crippen LogP contribution in [-0.2, 0) is 0 Å². The molecule has 8 heteroatoms. The monoisotopic (exact) mass is 351 g/mol. The third-order valence-electron chi connectivity index (χ3n) is 2.06. The Bertz CT molecular complexity index is 619. The summed E-state index contributed by atoms with van der Waals surface area (Å²) in [6.45, 7) is 0. The SMILES string of the molecule is Fc1cc(Oc2ccc(OC(F)(F)F)c(Br)c2)ccn1. The lowest BCUT2D eigenvalue weighted by Crippen LogP contribution is -2.17. The van der Waals surface area contributed by atoms with Gasteiger partial charge in [0.25, 0.3) is 0 Å². The molecule has 106 valence electrons. The third kappa shape index (κ3) is 4.09. The summed E-state index contributed by atoms with van der Waals surface area (Å²) < 4.78 is 58.2. The van der Waals surface area contributed by atoms with E-state index in [1.54, 1.807) is 0 Å². The van der Waals surface area contributed by atoms with Crippen LogP contribution in [0.4, 0.5) is 17.6 Å². The number of rotatable bonds is 3. The third-order valence-corrected chi connectivity index (χ3v) is 2.68. The van der Waals surface area contributed by atoms with E-state index in [0.717, 1.165) is 12.1 Å². The fraction of sp³-hybridized carbons (Fsp3) is 0.0833. The Morgan fingerprint density at radius 3 is 2.35 bits per heavy atom. The van der Waals surface area contributed by atoms with Crippen molar-refractivity contribution in [3.8, 4) is 17.2 Å². The summed E-state index contributed by atoms with van der Waals surface area (Å²) >= 11 is 2.94. The van der Waals surface area contributed by atoms with E-state index in [2.05, 4.69) is 25.7 Å². The highest BCUT2D eigenvalue weighted by molar-refractivity contribution is 9.10. The fourth-order valence-corrected chi connectivity index (χ4v) is 1.78. The maximum atomic E-state index is 12.9. The summed E-state index contributed by atoms with van der Waals surface area (Å²) in [6.07, 6.45) is -3.57. The smallest absolute Gasteiger partial charge is 0.457 e. The van der Waals surface area contributed by atoms with E-state index in [9.17, 15) is 17.6 Å². The summed E-state index contributed by atoms with van der Waals surface area (Å²) in [4.78, 5) is 3.35. The first-order valence-corrected chi connectivity index (χ1v) is 5.97. The summed E-state index contributed by atoms with van der Waals surface area (Å²) in [5.74, 6) is -0.727. The van der Waals surface area contributed by atoms with E-state index < -0.39 is 18.1 Å². The van der Waals surface area contributed by atoms with Crippen molar-refractivity contribution in [1.82, 2.24) is 4.98 Å². The van der Waals surface area contributed by atoms with Crippen molar-refractivity contribution in [2.75, 3.05) is 0 Å². The van der Waals surface area contributed by atoms with E-state index in [4.69, 9.17) is 4.74 Å². The second-order valence-corrected chi connectivity index (χ2v) is 4.41. The van der Waals surface area contributed by atoms with Gasteiger partial charge in [0.05, 0.1) is 4.47 Å². The Labute approximate surface area is 119 Å². The molecular weight excluding hydrogens is 346 g/mol. The van der Waals surface area contributed by atoms with Crippen LogP contribution in [0.25, 0.3) is 0 Å². The van der Waals surface area contributed by atoms with Gasteiger partial charge in [-0.25, -0.2) is 4.98 Å². The molecule has 0 fully saturated rings. The summed E-state index contributed by atoms with van der Waals surface area (Å²) in [7, 11) is 0. The van der Waals surface area contributed by atoms with Gasteiger partial charge in [0.15, 0.2) is 0 Å². The molecule has 0 radical (unpaired) electrons. The lowest BCUT2D eigenvalue weighted by atomic mass is 10.3. The van der Waals surface area contributed by atoms with Gasteiger partial charge in [-0.2, -0.15) is 4.39 Å². The largest absolute Gasteiger partial charge is 0.573 e. The lowest BCUT2D eigenvalue weighted by molar-refractivity contribution is -0.274.